The second-order valence-corrected chi connectivity index (χ2v) is 6.25. The summed E-state index contributed by atoms with van der Waals surface area (Å²) in [5, 5.41) is 0. The van der Waals surface area contributed by atoms with Crippen LogP contribution in [0.15, 0.2) is 12.7 Å². The Morgan fingerprint density at radius 1 is 1.53 bits per heavy atom. The molecule has 19 heavy (non-hydrogen) atoms. The average molecular weight is 268 g/mol. The van der Waals surface area contributed by atoms with Gasteiger partial charge in [-0.05, 0) is 32.1 Å². The zero-order valence-corrected chi connectivity index (χ0v) is 12.8. The Bertz CT molecular complexity index is 314. The van der Waals surface area contributed by atoms with Gasteiger partial charge in [0, 0.05) is 0 Å². The summed E-state index contributed by atoms with van der Waals surface area (Å²) in [6, 6.07) is 0. The van der Waals surface area contributed by atoms with Crippen LogP contribution in [0.2, 0.25) is 0 Å². The number of hydrogen-bond acceptors (Lipinski definition) is 3. The number of esters is 1. The molecule has 3 nitrogen and oxygen atoms in total. The lowest BCUT2D eigenvalue weighted by molar-refractivity contribution is -0.179. The Labute approximate surface area is 117 Å². The van der Waals surface area contributed by atoms with Gasteiger partial charge in [-0.15, -0.1) is 6.58 Å². The van der Waals surface area contributed by atoms with Gasteiger partial charge in [-0.3, -0.25) is 4.79 Å². The molecule has 0 spiro atoms. The number of carbonyl (C=O) groups excluding carboxylic acids is 1. The van der Waals surface area contributed by atoms with Gasteiger partial charge in [-0.25, -0.2) is 0 Å². The molecule has 1 aliphatic heterocycles. The average Bonchev–Trinajstić information content (AvgIpc) is 2.37. The van der Waals surface area contributed by atoms with Crippen molar-refractivity contribution < 1.29 is 14.3 Å². The summed E-state index contributed by atoms with van der Waals surface area (Å²) in [5.74, 6) is 0.244. The van der Waals surface area contributed by atoms with Crippen molar-refractivity contribution in [2.24, 2.45) is 16.7 Å². The van der Waals surface area contributed by atoms with Crippen LogP contribution in [0.4, 0.5) is 0 Å². The highest BCUT2D eigenvalue weighted by Crippen LogP contribution is 2.35. The van der Waals surface area contributed by atoms with E-state index >= 15 is 0 Å². The second-order valence-electron chi connectivity index (χ2n) is 6.25. The Hall–Kier alpha value is -0.830. The largest absolute Gasteiger partial charge is 0.464 e. The van der Waals surface area contributed by atoms with Gasteiger partial charge in [0.05, 0.1) is 24.0 Å². The molecule has 0 aromatic carbocycles. The molecule has 0 radical (unpaired) electrons. The Kier molecular flexibility index (Phi) is 5.60. The van der Waals surface area contributed by atoms with Gasteiger partial charge >= 0.3 is 5.97 Å². The summed E-state index contributed by atoms with van der Waals surface area (Å²) in [7, 11) is 0. The molecule has 0 N–H and O–H groups in total. The van der Waals surface area contributed by atoms with Gasteiger partial charge in [0.2, 0.25) is 0 Å². The minimum Gasteiger partial charge on any atom is -0.464 e. The van der Waals surface area contributed by atoms with Gasteiger partial charge < -0.3 is 9.47 Å². The van der Waals surface area contributed by atoms with Gasteiger partial charge in [0.25, 0.3) is 0 Å². The maximum Gasteiger partial charge on any atom is 0.311 e. The van der Waals surface area contributed by atoms with E-state index in [2.05, 4.69) is 20.4 Å². The number of allylic oxidation sites excluding steroid dienone is 1. The van der Waals surface area contributed by atoms with Crippen molar-refractivity contribution in [1.82, 2.24) is 0 Å². The highest BCUT2D eigenvalue weighted by Gasteiger charge is 2.40. The van der Waals surface area contributed by atoms with Gasteiger partial charge in [-0.1, -0.05) is 26.8 Å². The number of rotatable bonds is 8. The molecule has 1 heterocycles. The zero-order chi connectivity index (χ0) is 14.5. The molecule has 3 heteroatoms. The van der Waals surface area contributed by atoms with E-state index in [4.69, 9.17) is 9.47 Å². The fourth-order valence-electron chi connectivity index (χ4n) is 2.34. The van der Waals surface area contributed by atoms with Crippen molar-refractivity contribution in [1.29, 1.82) is 0 Å². The summed E-state index contributed by atoms with van der Waals surface area (Å²) in [6.45, 7) is 13.9. The normalized spacial score (nSPS) is 21.9. The first-order valence-corrected chi connectivity index (χ1v) is 7.29. The molecule has 1 aliphatic rings. The molecule has 2 unspecified atom stereocenters. The third-order valence-corrected chi connectivity index (χ3v) is 4.52. The molecule has 1 fully saturated rings. The van der Waals surface area contributed by atoms with Crippen LogP contribution in [-0.2, 0) is 14.3 Å². The quantitative estimate of drug-likeness (QED) is 0.498. The molecule has 0 bridgehead atoms. The predicted octanol–water partition coefficient (Wildman–Crippen LogP) is 3.58. The lowest BCUT2D eigenvalue weighted by Gasteiger charge is -2.41. The number of ether oxygens (including phenoxy) is 2. The minimum absolute atomic E-state index is 0.0639. The third kappa shape index (κ3) is 3.82. The minimum atomic E-state index is -0.410. The second kappa shape index (κ2) is 6.56. The smallest absolute Gasteiger partial charge is 0.311 e. The lowest BCUT2D eigenvalue weighted by atomic mass is 9.79. The van der Waals surface area contributed by atoms with Crippen LogP contribution < -0.4 is 0 Å². The molecule has 0 amide bonds. The molecular formula is C16H28O3. The van der Waals surface area contributed by atoms with Crippen LogP contribution in [0.5, 0.6) is 0 Å². The molecule has 0 aromatic rings. The summed E-state index contributed by atoms with van der Waals surface area (Å²) < 4.78 is 10.8. The monoisotopic (exact) mass is 268 g/mol. The zero-order valence-electron chi connectivity index (χ0n) is 12.8. The van der Waals surface area contributed by atoms with E-state index in [0.29, 0.717) is 25.7 Å². The van der Waals surface area contributed by atoms with Crippen LogP contribution >= 0.6 is 0 Å². The fourth-order valence-corrected chi connectivity index (χ4v) is 2.34. The van der Waals surface area contributed by atoms with Crippen LogP contribution in [0.3, 0.4) is 0 Å². The maximum absolute atomic E-state index is 12.4. The fraction of sp³-hybridized carbons (Fsp3) is 0.812. The van der Waals surface area contributed by atoms with E-state index < -0.39 is 5.41 Å². The van der Waals surface area contributed by atoms with Crippen LogP contribution in [-0.4, -0.2) is 25.8 Å². The SMILES string of the molecule is C=CC(C)CC(C)(CC)C(=O)OCC1(CC)COC1. The van der Waals surface area contributed by atoms with Gasteiger partial charge in [0.1, 0.15) is 6.61 Å². The topological polar surface area (TPSA) is 35.5 Å². The molecule has 0 saturated carbocycles. The van der Waals surface area contributed by atoms with E-state index in [-0.39, 0.29) is 11.4 Å². The molecule has 0 aliphatic carbocycles. The van der Waals surface area contributed by atoms with E-state index in [1.807, 2.05) is 19.9 Å². The standard InChI is InChI=1S/C16H28O3/c1-6-13(4)9-15(5,7-2)14(17)19-12-16(8-3)10-18-11-16/h6,13H,1,7-12H2,2-5H3. The molecule has 0 aromatic heterocycles. The van der Waals surface area contributed by atoms with Crippen molar-refractivity contribution >= 4 is 5.97 Å². The van der Waals surface area contributed by atoms with Crippen molar-refractivity contribution in [3.63, 3.8) is 0 Å². The van der Waals surface area contributed by atoms with Crippen LogP contribution in [0, 0.1) is 16.7 Å². The third-order valence-electron chi connectivity index (χ3n) is 4.52. The summed E-state index contributed by atoms with van der Waals surface area (Å²) in [6.07, 6.45) is 4.47. The first-order valence-electron chi connectivity index (χ1n) is 7.29. The van der Waals surface area contributed by atoms with Crippen molar-refractivity contribution in [3.05, 3.63) is 12.7 Å². The van der Waals surface area contributed by atoms with Crippen molar-refractivity contribution in [2.45, 2.75) is 47.0 Å². The Morgan fingerprint density at radius 2 is 2.16 bits per heavy atom. The summed E-state index contributed by atoms with van der Waals surface area (Å²) in [5.41, 5.74) is -0.346. The van der Waals surface area contributed by atoms with Crippen molar-refractivity contribution in [2.75, 3.05) is 19.8 Å². The number of carbonyl (C=O) groups is 1. The van der Waals surface area contributed by atoms with Crippen LogP contribution in [0.1, 0.15) is 47.0 Å². The van der Waals surface area contributed by atoms with Crippen molar-refractivity contribution in [3.8, 4) is 0 Å². The van der Waals surface area contributed by atoms with E-state index in [1.54, 1.807) is 0 Å². The molecule has 2 atom stereocenters. The van der Waals surface area contributed by atoms with E-state index in [0.717, 1.165) is 19.3 Å². The van der Waals surface area contributed by atoms with Gasteiger partial charge in [0.15, 0.2) is 0 Å². The first-order chi connectivity index (χ1) is 8.91. The maximum atomic E-state index is 12.4. The van der Waals surface area contributed by atoms with Crippen LogP contribution in [0.25, 0.3) is 0 Å². The highest BCUT2D eigenvalue weighted by molar-refractivity contribution is 5.76. The van der Waals surface area contributed by atoms with E-state index in [1.165, 1.54) is 0 Å². The van der Waals surface area contributed by atoms with E-state index in [9.17, 15) is 4.79 Å². The summed E-state index contributed by atoms with van der Waals surface area (Å²) >= 11 is 0. The number of hydrogen-bond donors (Lipinski definition) is 0. The van der Waals surface area contributed by atoms with Gasteiger partial charge in [-0.2, -0.15) is 0 Å². The molecule has 1 saturated heterocycles. The Balaban J connectivity index is 2.55. The molecule has 110 valence electrons. The molecular weight excluding hydrogens is 240 g/mol. The first kappa shape index (κ1) is 16.2. The molecule has 1 rings (SSSR count). The summed E-state index contributed by atoms with van der Waals surface area (Å²) in [4.78, 5) is 12.4. The lowest BCUT2D eigenvalue weighted by Crippen LogP contribution is -2.47. The predicted molar refractivity (Wildman–Crippen MR) is 76.9 cm³/mol. The Morgan fingerprint density at radius 3 is 2.53 bits per heavy atom. The highest BCUT2D eigenvalue weighted by atomic mass is 16.5.